The highest BCUT2D eigenvalue weighted by Crippen LogP contribution is 2.33. The van der Waals surface area contributed by atoms with E-state index in [0.29, 0.717) is 19.0 Å². The standard InChI is InChI=1S/C21H23ClN4O/c1-15-7-6-8-16(11-15)26-19(24-9-4-5-10-24)17-12-25(13-18(17)23-26)20(27)21(2,3)14-22/h4-11H,12-14H2,1-3H3. The Balaban J connectivity index is 1.78. The number of halogens is 1. The van der Waals surface area contributed by atoms with Crippen molar-refractivity contribution in [2.75, 3.05) is 5.88 Å². The number of hydrogen-bond acceptors (Lipinski definition) is 2. The summed E-state index contributed by atoms with van der Waals surface area (Å²) in [5.41, 5.74) is 3.66. The number of aryl methyl sites for hydroxylation is 1. The third kappa shape index (κ3) is 3.06. The molecule has 140 valence electrons. The second-order valence-corrected chi connectivity index (χ2v) is 8.04. The van der Waals surface area contributed by atoms with E-state index in [4.69, 9.17) is 16.7 Å². The number of fused-ring (bicyclic) bond motifs is 1. The van der Waals surface area contributed by atoms with E-state index < -0.39 is 5.41 Å². The van der Waals surface area contributed by atoms with Crippen molar-refractivity contribution in [1.82, 2.24) is 19.2 Å². The minimum Gasteiger partial charge on any atom is -0.332 e. The van der Waals surface area contributed by atoms with Crippen LogP contribution in [-0.2, 0) is 17.9 Å². The van der Waals surface area contributed by atoms with Gasteiger partial charge < -0.3 is 9.47 Å². The van der Waals surface area contributed by atoms with Crippen molar-refractivity contribution in [1.29, 1.82) is 0 Å². The molecule has 3 aromatic rings. The molecule has 1 aromatic carbocycles. The van der Waals surface area contributed by atoms with Gasteiger partial charge in [-0.05, 0) is 50.6 Å². The van der Waals surface area contributed by atoms with Crippen LogP contribution in [0.5, 0.6) is 0 Å². The van der Waals surface area contributed by atoms with E-state index >= 15 is 0 Å². The van der Waals surface area contributed by atoms with Gasteiger partial charge in [-0.2, -0.15) is 5.10 Å². The van der Waals surface area contributed by atoms with Gasteiger partial charge in [0.05, 0.1) is 29.9 Å². The number of nitrogens with zero attached hydrogens (tertiary/aromatic N) is 4. The maximum absolute atomic E-state index is 12.9. The van der Waals surface area contributed by atoms with Gasteiger partial charge in [0.2, 0.25) is 5.91 Å². The van der Waals surface area contributed by atoms with Crippen LogP contribution in [0, 0.1) is 12.3 Å². The van der Waals surface area contributed by atoms with Crippen molar-refractivity contribution < 1.29 is 4.79 Å². The number of amides is 1. The number of aromatic nitrogens is 3. The molecule has 4 rings (SSSR count). The van der Waals surface area contributed by atoms with Crippen LogP contribution in [0.1, 0.15) is 30.7 Å². The maximum Gasteiger partial charge on any atom is 0.230 e. The summed E-state index contributed by atoms with van der Waals surface area (Å²) < 4.78 is 4.04. The predicted molar refractivity (Wildman–Crippen MR) is 106 cm³/mol. The number of carbonyl (C=O) groups excluding carboxylic acids is 1. The fourth-order valence-electron chi connectivity index (χ4n) is 3.51. The van der Waals surface area contributed by atoms with Crippen molar-refractivity contribution in [3.8, 4) is 11.5 Å². The molecule has 1 aliphatic rings. The number of alkyl halides is 1. The Labute approximate surface area is 164 Å². The van der Waals surface area contributed by atoms with Crippen molar-refractivity contribution >= 4 is 17.5 Å². The van der Waals surface area contributed by atoms with Gasteiger partial charge in [0.15, 0.2) is 0 Å². The lowest BCUT2D eigenvalue weighted by atomic mass is 9.94. The first-order chi connectivity index (χ1) is 12.9. The Hall–Kier alpha value is -2.53. The maximum atomic E-state index is 12.9. The molecule has 0 saturated heterocycles. The van der Waals surface area contributed by atoms with Crippen LogP contribution in [-0.4, -0.2) is 31.0 Å². The molecule has 27 heavy (non-hydrogen) atoms. The molecule has 6 heteroatoms. The zero-order valence-electron chi connectivity index (χ0n) is 15.8. The largest absolute Gasteiger partial charge is 0.332 e. The highest BCUT2D eigenvalue weighted by atomic mass is 35.5. The number of benzene rings is 1. The van der Waals surface area contributed by atoms with Crippen molar-refractivity contribution in [3.05, 3.63) is 65.6 Å². The first kappa shape index (κ1) is 17.9. The molecule has 0 unspecified atom stereocenters. The Bertz CT molecular complexity index is 988. The molecule has 0 atom stereocenters. The lowest BCUT2D eigenvalue weighted by molar-refractivity contribution is -0.139. The van der Waals surface area contributed by atoms with E-state index in [1.165, 1.54) is 5.56 Å². The summed E-state index contributed by atoms with van der Waals surface area (Å²) in [4.78, 5) is 14.7. The Morgan fingerprint density at radius 2 is 1.93 bits per heavy atom. The molecular formula is C21H23ClN4O. The first-order valence-corrected chi connectivity index (χ1v) is 9.60. The van der Waals surface area contributed by atoms with Crippen LogP contribution in [0.15, 0.2) is 48.8 Å². The zero-order valence-corrected chi connectivity index (χ0v) is 16.6. The number of hydrogen-bond donors (Lipinski definition) is 0. The molecule has 1 aliphatic heterocycles. The van der Waals surface area contributed by atoms with E-state index in [0.717, 1.165) is 22.8 Å². The van der Waals surface area contributed by atoms with Crippen molar-refractivity contribution in [2.24, 2.45) is 5.41 Å². The van der Waals surface area contributed by atoms with E-state index in [1.807, 2.05) is 54.0 Å². The second-order valence-electron chi connectivity index (χ2n) is 7.77. The SMILES string of the molecule is Cc1cccc(-n2nc3c(c2-n2cccc2)CN(C(=O)C(C)(C)CCl)C3)c1. The molecule has 0 spiro atoms. The molecule has 0 bridgehead atoms. The van der Waals surface area contributed by atoms with Gasteiger partial charge in [-0.1, -0.05) is 12.1 Å². The van der Waals surface area contributed by atoms with Gasteiger partial charge in [-0.25, -0.2) is 4.68 Å². The van der Waals surface area contributed by atoms with Crippen LogP contribution in [0.25, 0.3) is 11.5 Å². The summed E-state index contributed by atoms with van der Waals surface area (Å²) >= 11 is 6.01. The fourth-order valence-corrected chi connectivity index (χ4v) is 3.63. The van der Waals surface area contributed by atoms with Gasteiger partial charge in [-0.15, -0.1) is 11.6 Å². The molecule has 5 nitrogen and oxygen atoms in total. The molecule has 3 heterocycles. The van der Waals surface area contributed by atoms with Gasteiger partial charge in [-0.3, -0.25) is 4.79 Å². The molecule has 2 aromatic heterocycles. The highest BCUT2D eigenvalue weighted by molar-refractivity contribution is 6.19. The summed E-state index contributed by atoms with van der Waals surface area (Å²) in [5, 5.41) is 4.87. The Morgan fingerprint density at radius 1 is 1.19 bits per heavy atom. The molecule has 1 amide bonds. The van der Waals surface area contributed by atoms with E-state index in [9.17, 15) is 4.79 Å². The number of rotatable bonds is 4. The lowest BCUT2D eigenvalue weighted by Crippen LogP contribution is -2.39. The quantitative estimate of drug-likeness (QED) is 0.638. The summed E-state index contributed by atoms with van der Waals surface area (Å²) in [6, 6.07) is 12.3. The first-order valence-electron chi connectivity index (χ1n) is 9.07. The van der Waals surface area contributed by atoms with Gasteiger partial charge in [0, 0.05) is 23.8 Å². The van der Waals surface area contributed by atoms with E-state index in [1.54, 1.807) is 0 Å². The van der Waals surface area contributed by atoms with Crippen LogP contribution < -0.4 is 0 Å². The topological polar surface area (TPSA) is 43.1 Å². The number of carbonyl (C=O) groups is 1. The minimum absolute atomic E-state index is 0.0658. The monoisotopic (exact) mass is 382 g/mol. The van der Waals surface area contributed by atoms with Crippen LogP contribution in [0.4, 0.5) is 0 Å². The van der Waals surface area contributed by atoms with E-state index in [-0.39, 0.29) is 5.91 Å². The molecule has 0 aliphatic carbocycles. The lowest BCUT2D eigenvalue weighted by Gasteiger charge is -2.27. The molecule has 0 fully saturated rings. The highest BCUT2D eigenvalue weighted by Gasteiger charge is 2.37. The van der Waals surface area contributed by atoms with Gasteiger partial charge in [0.1, 0.15) is 5.82 Å². The summed E-state index contributed by atoms with van der Waals surface area (Å²) in [5.74, 6) is 1.35. The third-order valence-electron chi connectivity index (χ3n) is 5.02. The zero-order chi connectivity index (χ0) is 19.2. The van der Waals surface area contributed by atoms with Crippen LogP contribution in [0.2, 0.25) is 0 Å². The third-order valence-corrected chi connectivity index (χ3v) is 5.69. The van der Waals surface area contributed by atoms with E-state index in [2.05, 4.69) is 29.7 Å². The fraction of sp³-hybridized carbons (Fsp3) is 0.333. The second kappa shape index (κ2) is 6.57. The van der Waals surface area contributed by atoms with Gasteiger partial charge >= 0.3 is 0 Å². The molecular weight excluding hydrogens is 360 g/mol. The van der Waals surface area contributed by atoms with Crippen LogP contribution >= 0.6 is 11.6 Å². The summed E-state index contributed by atoms with van der Waals surface area (Å²) in [6.07, 6.45) is 4.02. The van der Waals surface area contributed by atoms with Crippen LogP contribution in [0.3, 0.4) is 0 Å². The van der Waals surface area contributed by atoms with Gasteiger partial charge in [0.25, 0.3) is 0 Å². The Morgan fingerprint density at radius 3 is 2.59 bits per heavy atom. The smallest absolute Gasteiger partial charge is 0.230 e. The van der Waals surface area contributed by atoms with Crippen molar-refractivity contribution in [2.45, 2.75) is 33.9 Å². The summed E-state index contributed by atoms with van der Waals surface area (Å²) in [6.45, 7) is 6.91. The average Bonchev–Trinajstić information content (AvgIpc) is 3.36. The molecule has 0 saturated carbocycles. The molecule has 0 radical (unpaired) electrons. The average molecular weight is 383 g/mol. The predicted octanol–water partition coefficient (Wildman–Crippen LogP) is 4.08. The molecule has 0 N–H and O–H groups in total. The minimum atomic E-state index is -0.578. The van der Waals surface area contributed by atoms with Crippen molar-refractivity contribution in [3.63, 3.8) is 0 Å². The Kier molecular flexibility index (Phi) is 4.35. The summed E-state index contributed by atoms with van der Waals surface area (Å²) in [7, 11) is 0. The normalized spacial score (nSPS) is 13.9.